The van der Waals surface area contributed by atoms with Crippen molar-refractivity contribution in [1.29, 1.82) is 0 Å². The third-order valence-electron chi connectivity index (χ3n) is 13.9. The molecule has 394 valence electrons. The van der Waals surface area contributed by atoms with Crippen LogP contribution in [0.4, 0.5) is 0 Å². The summed E-state index contributed by atoms with van der Waals surface area (Å²) in [6.07, 6.45) is -3.48. The van der Waals surface area contributed by atoms with E-state index in [1.165, 1.54) is 42.8 Å². The largest absolute Gasteiger partial charge is 0.497 e. The molecule has 1 aromatic carbocycles. The molecule has 0 spiro atoms. The van der Waals surface area contributed by atoms with Gasteiger partial charge >= 0.3 is 11.9 Å². The van der Waals surface area contributed by atoms with Crippen LogP contribution in [0, 0.1) is 35.5 Å². The number of cyclic esters (lactones) is 2. The molecule has 0 radical (unpaired) electrons. The van der Waals surface area contributed by atoms with Gasteiger partial charge in [0.2, 0.25) is 29.5 Å². The summed E-state index contributed by atoms with van der Waals surface area (Å²) < 4.78 is 17.2. The zero-order valence-electron chi connectivity index (χ0n) is 44.4. The number of rotatable bonds is 15. The number of hydrogen-bond acceptors (Lipinski definition) is 12. The fourth-order valence-electron chi connectivity index (χ4n) is 8.91. The maximum Gasteiger partial charge on any atom is 0.329 e. The highest BCUT2D eigenvalue weighted by Crippen LogP contribution is 2.26. The summed E-state index contributed by atoms with van der Waals surface area (Å²) in [6.45, 7) is 21.7. The van der Waals surface area contributed by atoms with Crippen LogP contribution in [0.25, 0.3) is 0 Å². The lowest BCUT2D eigenvalue weighted by molar-refractivity contribution is -0.162. The summed E-state index contributed by atoms with van der Waals surface area (Å²) in [4.78, 5) is 119. The van der Waals surface area contributed by atoms with E-state index in [0.717, 1.165) is 0 Å². The van der Waals surface area contributed by atoms with Crippen molar-refractivity contribution in [2.24, 2.45) is 35.5 Å². The number of nitrogens with one attached hydrogen (secondary N) is 3. The minimum Gasteiger partial charge on any atom is -0.497 e. The number of carbonyl (C=O) groups excluding carboxylic acids is 8. The molecule has 18 nitrogen and oxygen atoms in total. The molecule has 2 saturated heterocycles. The Hall–Kier alpha value is -5.26. The molecule has 0 aromatic heterocycles. The average Bonchev–Trinajstić information content (AvgIpc) is 3.80. The zero-order chi connectivity index (χ0) is 52.9. The Morgan fingerprint density at radius 1 is 0.900 bits per heavy atom. The third kappa shape index (κ3) is 15.9. The summed E-state index contributed by atoms with van der Waals surface area (Å²) in [6, 6.07) is -0.349. The van der Waals surface area contributed by atoms with Crippen LogP contribution in [-0.2, 0) is 54.3 Å². The van der Waals surface area contributed by atoms with Crippen LogP contribution < -0.4 is 20.7 Å². The van der Waals surface area contributed by atoms with Gasteiger partial charge < -0.3 is 50.0 Å². The van der Waals surface area contributed by atoms with Crippen LogP contribution in [0.3, 0.4) is 0 Å². The quantitative estimate of drug-likeness (QED) is 0.183. The Bertz CT molecular complexity index is 1960. The number of ether oxygens (including phenoxy) is 3. The third-order valence-corrected chi connectivity index (χ3v) is 13.9. The van der Waals surface area contributed by atoms with Crippen molar-refractivity contribution in [3.63, 3.8) is 0 Å². The Kier molecular flexibility index (Phi) is 22.6. The number of esters is 2. The predicted octanol–water partition coefficient (Wildman–Crippen LogP) is 4.03. The SMILES string of the molecule is CC[C@H](C)[C@H]1NC(=O)[C@@H](NC(=O)[C@@H](CC(C)C)N(C)C(=O)[C@@H](C)C(C)C)[C@@H](C)OC(=O)[C@H](Cc2ccc(OC)cc2)N(C)C(=O)[C@@H]2CCCN2C(=O)[C@H](CC(C)C)NC(=O)[C@H](C(C)C)OC(=O)C[C@@H]1O. The van der Waals surface area contributed by atoms with E-state index in [1.54, 1.807) is 52.0 Å². The lowest BCUT2D eigenvalue weighted by Crippen LogP contribution is -2.61. The summed E-state index contributed by atoms with van der Waals surface area (Å²) in [5.41, 5.74) is 0.629. The summed E-state index contributed by atoms with van der Waals surface area (Å²) in [7, 11) is 4.50. The number of likely N-dealkylation sites (N-methyl/N-ethyl adjacent to an activating group) is 2. The van der Waals surface area contributed by atoms with E-state index in [0.29, 0.717) is 24.2 Å². The second kappa shape index (κ2) is 26.8. The highest BCUT2D eigenvalue weighted by molar-refractivity contribution is 5.96. The Balaban J connectivity index is 2.27. The lowest BCUT2D eigenvalue weighted by atomic mass is 9.92. The van der Waals surface area contributed by atoms with Crippen molar-refractivity contribution in [3.8, 4) is 5.75 Å². The maximum absolute atomic E-state index is 14.8. The Morgan fingerprint density at radius 3 is 2.07 bits per heavy atom. The normalized spacial score (nSPS) is 26.2. The van der Waals surface area contributed by atoms with Gasteiger partial charge in [0, 0.05) is 33.0 Å². The van der Waals surface area contributed by atoms with E-state index in [1.807, 2.05) is 48.5 Å². The van der Waals surface area contributed by atoms with Gasteiger partial charge in [-0.1, -0.05) is 94.7 Å². The lowest BCUT2D eigenvalue weighted by Gasteiger charge is -2.36. The summed E-state index contributed by atoms with van der Waals surface area (Å²) >= 11 is 0. The number of hydrogen-bond donors (Lipinski definition) is 4. The number of fused-ring (bicyclic) bond motifs is 1. The van der Waals surface area contributed by atoms with E-state index < -0.39 is 120 Å². The predicted molar refractivity (Wildman–Crippen MR) is 264 cm³/mol. The van der Waals surface area contributed by atoms with Crippen LogP contribution in [-0.4, -0.2) is 150 Å². The van der Waals surface area contributed by atoms with Gasteiger partial charge in [-0.05, 0) is 79.9 Å². The first kappa shape index (κ1) is 59.1. The minimum atomic E-state index is -1.63. The smallest absolute Gasteiger partial charge is 0.329 e. The van der Waals surface area contributed by atoms with Gasteiger partial charge in [-0.15, -0.1) is 0 Å². The molecule has 0 saturated carbocycles. The standard InChI is InChI=1S/C52H84N6O12/c1-16-32(10)43-41(59)27-42(60)70-45(31(8)9)48(63)53-37(24-28(2)3)50(65)58-23-17-18-38(58)51(66)57(14)40(26-35-19-21-36(68-15)22-20-35)52(67)69-34(12)44(47(62)54-43)55-46(61)39(25-29(4)5)56(13)49(64)33(11)30(6)7/h19-22,28-34,37-41,43-45,59H,16-18,23-27H2,1-15H3,(H,53,63)(H,54,62)(H,55,61)/t32-,33-,34+,37-,38-,39+,40-,41-,43+,44-,45-/m0/s1. The topological polar surface area (TPSA) is 230 Å². The monoisotopic (exact) mass is 985 g/mol. The number of aliphatic hydroxyl groups is 1. The van der Waals surface area contributed by atoms with Crippen molar-refractivity contribution in [1.82, 2.24) is 30.7 Å². The molecule has 2 aliphatic heterocycles. The Labute approximate surface area is 416 Å². The first-order chi connectivity index (χ1) is 32.7. The number of nitrogens with zero attached hydrogens (tertiary/aromatic N) is 3. The minimum absolute atomic E-state index is 0.0348. The van der Waals surface area contributed by atoms with Gasteiger partial charge in [0.25, 0.3) is 5.91 Å². The van der Waals surface area contributed by atoms with Gasteiger partial charge in [-0.25, -0.2) is 4.79 Å². The number of benzene rings is 1. The summed E-state index contributed by atoms with van der Waals surface area (Å²) in [5, 5.41) is 20.2. The van der Waals surface area contributed by atoms with E-state index in [2.05, 4.69) is 16.0 Å². The van der Waals surface area contributed by atoms with Gasteiger partial charge in [-0.2, -0.15) is 0 Å². The molecule has 0 unspecified atom stereocenters. The molecule has 3 rings (SSSR count). The van der Waals surface area contributed by atoms with Crippen LogP contribution in [0.5, 0.6) is 5.75 Å². The van der Waals surface area contributed by atoms with Gasteiger partial charge in [0.1, 0.15) is 42.1 Å². The molecule has 1 aromatic rings. The molecule has 6 amide bonds. The van der Waals surface area contributed by atoms with Crippen molar-refractivity contribution in [2.75, 3.05) is 27.7 Å². The van der Waals surface area contributed by atoms with Crippen molar-refractivity contribution < 1.29 is 57.7 Å². The van der Waals surface area contributed by atoms with E-state index in [-0.39, 0.29) is 55.9 Å². The molecule has 18 heteroatoms. The maximum atomic E-state index is 14.8. The molecule has 11 atom stereocenters. The molecule has 4 N–H and O–H groups in total. The first-order valence-electron chi connectivity index (χ1n) is 25.2. The van der Waals surface area contributed by atoms with Crippen LogP contribution in [0.15, 0.2) is 24.3 Å². The molecule has 2 fully saturated rings. The second-order valence-corrected chi connectivity index (χ2v) is 21.0. The average molecular weight is 985 g/mol. The number of aliphatic hydroxyl groups excluding tert-OH is 1. The van der Waals surface area contributed by atoms with Crippen LogP contribution in [0.1, 0.15) is 127 Å². The fraction of sp³-hybridized carbons (Fsp3) is 0.731. The fourth-order valence-corrected chi connectivity index (χ4v) is 8.91. The van der Waals surface area contributed by atoms with Gasteiger partial charge in [0.05, 0.1) is 25.7 Å². The van der Waals surface area contributed by atoms with Gasteiger partial charge in [-0.3, -0.25) is 33.6 Å². The van der Waals surface area contributed by atoms with Crippen molar-refractivity contribution in [3.05, 3.63) is 29.8 Å². The zero-order valence-corrected chi connectivity index (χ0v) is 44.4. The molecule has 2 aliphatic rings. The van der Waals surface area contributed by atoms with Crippen LogP contribution in [0.2, 0.25) is 0 Å². The van der Waals surface area contributed by atoms with E-state index in [4.69, 9.17) is 14.2 Å². The van der Waals surface area contributed by atoms with Crippen molar-refractivity contribution >= 4 is 47.4 Å². The molecular formula is C52H84N6O12. The van der Waals surface area contributed by atoms with E-state index >= 15 is 0 Å². The van der Waals surface area contributed by atoms with Crippen molar-refractivity contribution in [2.45, 2.75) is 183 Å². The molecule has 0 aliphatic carbocycles. The van der Waals surface area contributed by atoms with Crippen LogP contribution >= 0.6 is 0 Å². The van der Waals surface area contributed by atoms with E-state index in [9.17, 15) is 43.5 Å². The summed E-state index contributed by atoms with van der Waals surface area (Å²) in [5.74, 6) is -6.58. The highest BCUT2D eigenvalue weighted by atomic mass is 16.6. The highest BCUT2D eigenvalue weighted by Gasteiger charge is 2.44. The number of methoxy groups -OCH3 is 1. The number of amides is 6. The molecule has 70 heavy (non-hydrogen) atoms. The Morgan fingerprint density at radius 2 is 1.53 bits per heavy atom. The molecular weight excluding hydrogens is 901 g/mol. The number of carbonyl (C=O) groups is 8. The first-order valence-corrected chi connectivity index (χ1v) is 25.2. The van der Waals surface area contributed by atoms with Gasteiger partial charge in [0.15, 0.2) is 6.10 Å². The molecule has 0 bridgehead atoms. The molecule has 2 heterocycles. The second-order valence-electron chi connectivity index (χ2n) is 21.0.